The molecule has 0 aliphatic heterocycles. The van der Waals surface area contributed by atoms with Crippen molar-refractivity contribution < 1.29 is 23.5 Å². The van der Waals surface area contributed by atoms with Crippen LogP contribution in [0.25, 0.3) is 22.3 Å². The molecule has 0 radical (unpaired) electrons. The molecule has 0 unspecified atom stereocenters. The number of rotatable bonds is 5. The zero-order valence-corrected chi connectivity index (χ0v) is 19.3. The predicted octanol–water partition coefficient (Wildman–Crippen LogP) is 5.75. The van der Waals surface area contributed by atoms with E-state index in [1.807, 2.05) is 25.1 Å². The molecule has 6 nitrogen and oxygen atoms in total. The maximum Gasteiger partial charge on any atom is 0.317 e. The van der Waals surface area contributed by atoms with Crippen molar-refractivity contribution in [3.63, 3.8) is 0 Å². The number of ether oxygens (including phenoxy) is 2. The van der Waals surface area contributed by atoms with E-state index in [9.17, 15) is 14.4 Å². The van der Waals surface area contributed by atoms with Crippen LogP contribution in [0.15, 0.2) is 57.7 Å². The highest BCUT2D eigenvalue weighted by Crippen LogP contribution is 2.39. The molecule has 0 atom stereocenters. The Kier molecular flexibility index (Phi) is 6.26. The van der Waals surface area contributed by atoms with Crippen LogP contribution >= 0.6 is 0 Å². The maximum atomic E-state index is 12.8. The Morgan fingerprint density at radius 1 is 0.906 bits per heavy atom. The second kappa shape index (κ2) is 8.61. The summed E-state index contributed by atoms with van der Waals surface area (Å²) < 4.78 is 17.3. The van der Waals surface area contributed by atoms with Crippen LogP contribution in [-0.4, -0.2) is 11.9 Å². The van der Waals surface area contributed by atoms with Crippen LogP contribution in [0.1, 0.15) is 48.0 Å². The molecule has 6 heteroatoms. The summed E-state index contributed by atoms with van der Waals surface area (Å²) in [5.41, 5.74) is -1.14. The highest BCUT2D eigenvalue weighted by molar-refractivity contribution is 5.91. The van der Waals surface area contributed by atoms with Gasteiger partial charge in [-0.2, -0.15) is 0 Å². The lowest BCUT2D eigenvalue weighted by Crippen LogP contribution is -2.29. The van der Waals surface area contributed by atoms with Gasteiger partial charge in [0.15, 0.2) is 16.8 Å². The molecule has 1 heterocycles. The molecule has 0 aliphatic carbocycles. The Morgan fingerprint density at radius 3 is 2.16 bits per heavy atom. The van der Waals surface area contributed by atoms with E-state index in [0.29, 0.717) is 17.7 Å². The quantitative estimate of drug-likeness (QED) is 0.374. The smallest absolute Gasteiger partial charge is 0.317 e. The van der Waals surface area contributed by atoms with E-state index in [0.717, 1.165) is 0 Å². The van der Waals surface area contributed by atoms with Gasteiger partial charge in [0.05, 0.1) is 16.2 Å². The molecule has 32 heavy (non-hydrogen) atoms. The molecule has 0 spiro atoms. The first kappa shape index (κ1) is 23.3. The van der Waals surface area contributed by atoms with Crippen LogP contribution in [-0.2, 0) is 9.59 Å². The lowest BCUT2D eigenvalue weighted by atomic mass is 9.91. The summed E-state index contributed by atoms with van der Waals surface area (Å²) in [5, 5.41) is 0.218. The molecule has 0 bridgehead atoms. The zero-order chi connectivity index (χ0) is 23.7. The van der Waals surface area contributed by atoms with Crippen molar-refractivity contribution in [1.82, 2.24) is 0 Å². The van der Waals surface area contributed by atoms with Crippen LogP contribution in [0.4, 0.5) is 0 Å². The standard InChI is InChI=1S/C26H28O6/c1-7-26(5,6)24(29)31-19-14-13-17-18(27)15-20(16-11-9-8-10-12-16)30-21(17)22(19)32-23(28)25(2,3)4/h8-15H,7H2,1-6H3. The molecule has 0 N–H and O–H groups in total. The molecule has 0 aliphatic rings. The maximum absolute atomic E-state index is 12.8. The minimum Gasteiger partial charge on any atom is -0.452 e. The summed E-state index contributed by atoms with van der Waals surface area (Å²) in [6, 6.07) is 13.5. The third-order valence-electron chi connectivity index (χ3n) is 5.32. The largest absolute Gasteiger partial charge is 0.452 e. The van der Waals surface area contributed by atoms with Gasteiger partial charge in [0.25, 0.3) is 0 Å². The van der Waals surface area contributed by atoms with Crippen molar-refractivity contribution in [3.8, 4) is 22.8 Å². The monoisotopic (exact) mass is 436 g/mol. The molecule has 0 fully saturated rings. The summed E-state index contributed by atoms with van der Waals surface area (Å²) in [6.07, 6.45) is 0.559. The number of carbonyl (C=O) groups is 2. The molecule has 0 saturated carbocycles. The van der Waals surface area contributed by atoms with Crippen LogP contribution < -0.4 is 14.9 Å². The number of hydrogen-bond acceptors (Lipinski definition) is 6. The summed E-state index contributed by atoms with van der Waals surface area (Å²) in [4.78, 5) is 38.3. The van der Waals surface area contributed by atoms with Crippen LogP contribution in [0, 0.1) is 10.8 Å². The lowest BCUT2D eigenvalue weighted by Gasteiger charge is -2.22. The zero-order valence-electron chi connectivity index (χ0n) is 19.3. The van der Waals surface area contributed by atoms with E-state index in [-0.39, 0.29) is 27.9 Å². The second-order valence-corrected chi connectivity index (χ2v) is 9.38. The summed E-state index contributed by atoms with van der Waals surface area (Å²) in [7, 11) is 0. The van der Waals surface area contributed by atoms with Gasteiger partial charge in [0.1, 0.15) is 5.76 Å². The minimum absolute atomic E-state index is 0.0231. The van der Waals surface area contributed by atoms with E-state index >= 15 is 0 Å². The summed E-state index contributed by atoms with van der Waals surface area (Å²) in [6.45, 7) is 10.5. The third kappa shape index (κ3) is 4.74. The van der Waals surface area contributed by atoms with Gasteiger partial charge in [-0.25, -0.2) is 0 Å². The summed E-state index contributed by atoms with van der Waals surface area (Å²) >= 11 is 0. The van der Waals surface area contributed by atoms with Gasteiger partial charge < -0.3 is 13.9 Å². The van der Waals surface area contributed by atoms with Crippen LogP contribution in [0.2, 0.25) is 0 Å². The molecule has 0 amide bonds. The van der Waals surface area contributed by atoms with Crippen molar-refractivity contribution in [1.29, 1.82) is 0 Å². The van der Waals surface area contributed by atoms with Crippen molar-refractivity contribution >= 4 is 22.9 Å². The van der Waals surface area contributed by atoms with Gasteiger partial charge in [-0.3, -0.25) is 14.4 Å². The molecule has 3 aromatic rings. The van der Waals surface area contributed by atoms with Gasteiger partial charge in [-0.05, 0) is 53.2 Å². The first-order valence-electron chi connectivity index (χ1n) is 10.5. The third-order valence-corrected chi connectivity index (χ3v) is 5.32. The number of carbonyl (C=O) groups excluding carboxylic acids is 2. The van der Waals surface area contributed by atoms with Crippen molar-refractivity contribution in [2.75, 3.05) is 0 Å². The molecule has 168 valence electrons. The van der Waals surface area contributed by atoms with Gasteiger partial charge in [0, 0.05) is 11.6 Å². The lowest BCUT2D eigenvalue weighted by molar-refractivity contribution is -0.146. The van der Waals surface area contributed by atoms with E-state index in [2.05, 4.69) is 0 Å². The number of benzene rings is 2. The van der Waals surface area contributed by atoms with E-state index in [1.165, 1.54) is 18.2 Å². The van der Waals surface area contributed by atoms with E-state index in [1.54, 1.807) is 46.8 Å². The van der Waals surface area contributed by atoms with E-state index in [4.69, 9.17) is 13.9 Å². The average Bonchev–Trinajstić information content (AvgIpc) is 2.74. The van der Waals surface area contributed by atoms with Gasteiger partial charge in [0.2, 0.25) is 5.75 Å². The first-order chi connectivity index (χ1) is 14.9. The normalized spacial score (nSPS) is 11.9. The molecule has 0 saturated heterocycles. The number of esters is 2. The van der Waals surface area contributed by atoms with Gasteiger partial charge in [-0.1, -0.05) is 37.3 Å². The Balaban J connectivity index is 2.24. The number of hydrogen-bond donors (Lipinski definition) is 0. The molecular formula is C26H28O6. The topological polar surface area (TPSA) is 82.8 Å². The van der Waals surface area contributed by atoms with Crippen LogP contribution in [0.3, 0.4) is 0 Å². The fourth-order valence-electron chi connectivity index (χ4n) is 2.73. The molecule has 2 aromatic carbocycles. The fraction of sp³-hybridized carbons (Fsp3) is 0.346. The SMILES string of the molecule is CCC(C)(C)C(=O)Oc1ccc2c(=O)cc(-c3ccccc3)oc2c1OC(=O)C(C)(C)C. The van der Waals surface area contributed by atoms with Crippen LogP contribution in [0.5, 0.6) is 11.5 Å². The van der Waals surface area contributed by atoms with E-state index < -0.39 is 22.8 Å². The Labute approximate surface area is 187 Å². The Hall–Kier alpha value is -3.41. The number of fused-ring (bicyclic) bond motifs is 1. The van der Waals surface area contributed by atoms with Crippen molar-refractivity contribution in [2.45, 2.75) is 48.0 Å². The second-order valence-electron chi connectivity index (χ2n) is 9.38. The average molecular weight is 437 g/mol. The first-order valence-corrected chi connectivity index (χ1v) is 10.5. The minimum atomic E-state index is -0.830. The van der Waals surface area contributed by atoms with Crippen molar-refractivity contribution in [3.05, 3.63) is 58.8 Å². The highest BCUT2D eigenvalue weighted by Gasteiger charge is 2.31. The molecular weight excluding hydrogens is 408 g/mol. The van der Waals surface area contributed by atoms with Gasteiger partial charge >= 0.3 is 11.9 Å². The Bertz CT molecular complexity index is 1210. The fourth-order valence-corrected chi connectivity index (χ4v) is 2.73. The van der Waals surface area contributed by atoms with Crippen molar-refractivity contribution in [2.24, 2.45) is 10.8 Å². The molecule has 3 rings (SSSR count). The molecule has 1 aromatic heterocycles. The predicted molar refractivity (Wildman–Crippen MR) is 123 cm³/mol. The summed E-state index contributed by atoms with van der Waals surface area (Å²) in [5.74, 6) is -0.778. The Morgan fingerprint density at radius 2 is 1.56 bits per heavy atom. The highest BCUT2D eigenvalue weighted by atomic mass is 16.6. The van der Waals surface area contributed by atoms with Gasteiger partial charge in [-0.15, -0.1) is 0 Å².